The first-order valence-corrected chi connectivity index (χ1v) is 50.1. The summed E-state index contributed by atoms with van der Waals surface area (Å²) in [6.45, 7) is -2.04. The molecule has 1 aliphatic rings. The molecule has 1 aliphatic heterocycles. The number of halogens is 15. The molecule has 0 unspecified atom stereocenters. The standard InChI is InChI=1S/C21H18F3N5O.C16H14F3IN4O.C16H14F3N4O.C14H11ClIN3O.C14H11F3N4.3CH3.Sn/c1-30-15-7-5-14(6-8-15)12-29-17-9-11-26-20(27-13-21(22,23)24)18(17)19(28-29)16-4-2-3-10-25-16;1-25-11-4-2-10(3-5-11)8-24-12-6-7-21-15(13(12)14(20)23-24)22-9-16(17,18)19;1-24-12-4-2-11(3-5-12)9-23-14-6-7-20-15(13(14)8-22-23)21-10-16(17,18)19;1-20-10-4-2-9(3-5-10)8-19-11-6-7-17-13(15)12(11)14(16)18-19;15-14(16,17)8-21-13-11-9(4-6-19-13)7-20-12(11)10-3-1-2-5-18-10;;;;/h2-11H,12-13H2,1H3,(H,26,27);2-7H,8-9H2,1H3,(H,21,22);2-7H,9-10H2,1H3,(H,20,21);2-7H,8H2,1H3;1-6H,7-8H2,(H,19,21);3*1H3;. The van der Waals surface area contributed by atoms with Gasteiger partial charge >= 0.3 is 184 Å². The van der Waals surface area contributed by atoms with E-state index in [1.54, 1.807) is 105 Å². The van der Waals surface area contributed by atoms with Crippen LogP contribution in [0.25, 0.3) is 55.0 Å². The van der Waals surface area contributed by atoms with Gasteiger partial charge < -0.3 is 30.2 Å². The van der Waals surface area contributed by atoms with E-state index >= 15 is 0 Å². The van der Waals surface area contributed by atoms with Crippen molar-refractivity contribution < 1.29 is 71.6 Å². The molecule has 0 amide bonds. The topological polar surface area (TPSA) is 259 Å². The summed E-state index contributed by atoms with van der Waals surface area (Å²) in [5.41, 5.74) is 11.0. The summed E-state index contributed by atoms with van der Waals surface area (Å²) >= 11 is 7.59. The molecule has 646 valence electrons. The number of rotatable bonds is 23. The van der Waals surface area contributed by atoms with Crippen LogP contribution in [0.2, 0.25) is 20.0 Å². The zero-order valence-corrected chi connectivity index (χ0v) is 74.9. The summed E-state index contributed by atoms with van der Waals surface area (Å²) < 4.78 is 181. The van der Waals surface area contributed by atoms with Crippen LogP contribution in [0.15, 0.2) is 212 Å². The third-order valence-electron chi connectivity index (χ3n) is 18.5. The van der Waals surface area contributed by atoms with Crippen molar-refractivity contribution in [1.29, 1.82) is 0 Å². The van der Waals surface area contributed by atoms with E-state index in [0.29, 0.717) is 91.6 Å². The van der Waals surface area contributed by atoms with Gasteiger partial charge in [-0.25, -0.2) is 19.9 Å². The number of aliphatic imine (C=N–C) groups is 1. The largest absolute Gasteiger partial charge is 0.497 e. The Morgan fingerprint density at radius 3 is 1.11 bits per heavy atom. The first-order valence-electron chi connectivity index (χ1n) is 37.6. The molecule has 24 nitrogen and oxygen atoms in total. The Morgan fingerprint density at radius 2 is 0.710 bits per heavy atom. The number of ether oxygens (including phenoxy) is 4. The third-order valence-corrected chi connectivity index (χ3v) is 25.4. The maximum Gasteiger partial charge on any atom is 0.405 e. The summed E-state index contributed by atoms with van der Waals surface area (Å²) in [6, 6.07) is 50.3. The van der Waals surface area contributed by atoms with Crippen molar-refractivity contribution in [2.24, 2.45) is 4.99 Å². The van der Waals surface area contributed by atoms with Crippen molar-refractivity contribution in [1.82, 2.24) is 74.0 Å². The average molecular weight is 2070 g/mol. The van der Waals surface area contributed by atoms with Gasteiger partial charge in [0.1, 0.15) is 72.6 Å². The third kappa shape index (κ3) is 24.3. The van der Waals surface area contributed by atoms with E-state index in [-0.39, 0.29) is 23.3 Å². The fraction of sp³-hybridized carbons (Fsp3) is 0.238. The van der Waals surface area contributed by atoms with E-state index < -0.39 is 69.3 Å². The number of methoxy groups -OCH3 is 4. The first-order chi connectivity index (χ1) is 59.1. The molecule has 11 aromatic heterocycles. The molecule has 4 N–H and O–H groups in total. The van der Waals surface area contributed by atoms with Crippen LogP contribution >= 0.6 is 56.8 Å². The van der Waals surface area contributed by atoms with E-state index in [0.717, 1.165) is 80.2 Å². The van der Waals surface area contributed by atoms with Crippen molar-refractivity contribution in [2.75, 3.05) is 75.9 Å². The van der Waals surface area contributed by atoms with Crippen molar-refractivity contribution in [3.05, 3.63) is 259 Å². The van der Waals surface area contributed by atoms with Gasteiger partial charge in [0.05, 0.1) is 97.3 Å². The van der Waals surface area contributed by atoms with Crippen LogP contribution in [0.5, 0.6) is 23.0 Å². The van der Waals surface area contributed by atoms with Crippen LogP contribution in [0.1, 0.15) is 39.1 Å². The molecule has 0 saturated carbocycles. The van der Waals surface area contributed by atoms with Crippen molar-refractivity contribution in [3.63, 3.8) is 0 Å². The molecule has 0 bridgehead atoms. The maximum absolute atomic E-state index is 12.8. The van der Waals surface area contributed by atoms with Crippen molar-refractivity contribution in [2.45, 2.75) is 72.2 Å². The predicted molar refractivity (Wildman–Crippen MR) is 471 cm³/mol. The van der Waals surface area contributed by atoms with E-state index in [1.165, 1.54) is 24.8 Å². The summed E-state index contributed by atoms with van der Waals surface area (Å²) in [5, 5.41) is 31.2. The minimum Gasteiger partial charge on any atom is -0.497 e. The van der Waals surface area contributed by atoms with Crippen LogP contribution in [0.4, 0.5) is 76.0 Å². The Balaban J connectivity index is 0.000000142. The van der Waals surface area contributed by atoms with Gasteiger partial charge in [-0.3, -0.25) is 29.0 Å². The Morgan fingerprint density at radius 1 is 0.371 bits per heavy atom. The van der Waals surface area contributed by atoms with Gasteiger partial charge in [0.2, 0.25) is 0 Å². The molecule has 15 aromatic rings. The molecule has 16 rings (SSSR count). The zero-order valence-electron chi connectivity index (χ0n) is 67.0. The van der Waals surface area contributed by atoms with Crippen LogP contribution < -0.4 is 43.9 Å². The van der Waals surface area contributed by atoms with Gasteiger partial charge in [-0.1, -0.05) is 60.1 Å². The molecule has 0 aliphatic carbocycles. The fourth-order valence-electron chi connectivity index (χ4n) is 12.8. The van der Waals surface area contributed by atoms with E-state index in [2.05, 4.69) is 114 Å². The number of anilines is 4. The first kappa shape index (κ1) is 91.8. The Bertz CT molecular complexity index is 6150. The number of benzene rings is 4. The van der Waals surface area contributed by atoms with Crippen molar-refractivity contribution >= 4 is 151 Å². The number of nitrogens with zero attached hydrogens (tertiary/aromatic N) is 16. The second kappa shape index (κ2) is 40.5. The molecule has 12 heterocycles. The summed E-state index contributed by atoms with van der Waals surface area (Å²) in [4.78, 5) is 39.9. The Kier molecular flexibility index (Phi) is 30.0. The number of hydrogen-bond acceptors (Lipinski definition) is 20. The minimum atomic E-state index is -4.37. The molecule has 4 aromatic carbocycles. The Labute approximate surface area is 737 Å². The second-order valence-electron chi connectivity index (χ2n) is 28.4. The SMILES string of the molecule is COc1ccc(Cn2n[c]([Sn]([CH3])([CH3])[CH3])c3c(NCC(F)(F)F)nccc32)cc1.COc1ccc(Cn2nc(-c3ccccn3)c3c(NCC(F)(F)F)nccc32)cc1.COc1ccc(Cn2nc(I)c3c(Cl)nccc32)cc1.COc1ccc(Cn2nc(I)c3c(NCC(F)(F)F)nccc32)cc1.FC(F)(F)CNc1nccc2c1C(c1ccccn1)=NC2. The molecule has 0 radical (unpaired) electrons. The van der Waals surface area contributed by atoms with Gasteiger partial charge in [-0.2, -0.15) is 54.8 Å². The monoisotopic (exact) mass is 2070 g/mol. The number of hydrogen-bond donors (Lipinski definition) is 4. The average Bonchev–Trinajstić information content (AvgIpc) is 1.63. The van der Waals surface area contributed by atoms with E-state index in [1.807, 2.05) is 147 Å². The van der Waals surface area contributed by atoms with Gasteiger partial charge in [-0.15, -0.1) is 0 Å². The fourth-order valence-corrected chi connectivity index (χ4v) is 18.8. The minimum absolute atomic E-state index is 0.117. The molecule has 40 heteroatoms. The van der Waals surface area contributed by atoms with E-state index in [4.69, 9.17) is 35.6 Å². The van der Waals surface area contributed by atoms with Crippen LogP contribution in [0.3, 0.4) is 0 Å². The molecular weight excluding hydrogens is 1990 g/mol. The number of nitrogens with one attached hydrogen (secondary N) is 4. The zero-order chi connectivity index (χ0) is 88.7. The van der Waals surface area contributed by atoms with Crippen LogP contribution in [-0.4, -0.2) is 177 Å². The molecular formula is C84H77ClF12I2N20O4Sn. The van der Waals surface area contributed by atoms with Gasteiger partial charge in [0.25, 0.3) is 0 Å². The summed E-state index contributed by atoms with van der Waals surface area (Å²) in [7, 11) is 6.47. The summed E-state index contributed by atoms with van der Waals surface area (Å²) in [5.74, 6) is 3.84. The molecule has 0 atom stereocenters. The smallest absolute Gasteiger partial charge is 0.405 e. The predicted octanol–water partition coefficient (Wildman–Crippen LogP) is 19.1. The Hall–Kier alpha value is -11.4. The van der Waals surface area contributed by atoms with Gasteiger partial charge in [0, 0.05) is 42.7 Å². The number of pyridine rings is 7. The quantitative estimate of drug-likeness (QED) is 0.0201. The number of alkyl halides is 12. The number of aromatic nitrogens is 15. The number of fused-ring (bicyclic) bond motifs is 5. The normalized spacial score (nSPS) is 12.1. The van der Waals surface area contributed by atoms with E-state index in [9.17, 15) is 52.7 Å². The molecule has 0 saturated heterocycles. The molecule has 0 fully saturated rings. The second-order valence-corrected chi connectivity index (χ2v) is 45.0. The molecule has 0 spiro atoms. The van der Waals surface area contributed by atoms with Crippen LogP contribution in [-0.2, 0) is 32.7 Å². The molecule has 124 heavy (non-hydrogen) atoms. The van der Waals surface area contributed by atoms with Crippen molar-refractivity contribution in [3.8, 4) is 34.4 Å². The van der Waals surface area contributed by atoms with Gasteiger partial charge in [-0.05, 0) is 152 Å². The van der Waals surface area contributed by atoms with Crippen LogP contribution in [0, 0.1) is 7.40 Å². The maximum atomic E-state index is 12.8. The van der Waals surface area contributed by atoms with Gasteiger partial charge in [0.15, 0.2) is 0 Å². The summed E-state index contributed by atoms with van der Waals surface area (Å²) in [6.07, 6.45) is -6.41.